The molecule has 0 radical (unpaired) electrons. The summed E-state index contributed by atoms with van der Waals surface area (Å²) in [4.78, 5) is 2.91. The summed E-state index contributed by atoms with van der Waals surface area (Å²) >= 11 is 0. The second kappa shape index (κ2) is 3.96. The topological polar surface area (TPSA) is 48.4 Å². The van der Waals surface area contributed by atoms with Crippen LogP contribution in [0.15, 0.2) is 41.7 Å². The van der Waals surface area contributed by atoms with Crippen LogP contribution in [0.4, 0.5) is 4.39 Å². The van der Waals surface area contributed by atoms with Gasteiger partial charge in [-0.3, -0.25) is 0 Å². The van der Waals surface area contributed by atoms with Crippen LogP contribution in [-0.4, -0.2) is 16.4 Å². The van der Waals surface area contributed by atoms with Gasteiger partial charge in [0.15, 0.2) is 0 Å². The molecule has 4 heteroatoms. The Morgan fingerprint density at radius 1 is 1.33 bits per heavy atom. The SMILES string of the molecule is O/N=C/c1c[nH]c(-c2ccccc2F)c1. The van der Waals surface area contributed by atoms with Gasteiger partial charge < -0.3 is 10.2 Å². The summed E-state index contributed by atoms with van der Waals surface area (Å²) in [6.45, 7) is 0. The van der Waals surface area contributed by atoms with Gasteiger partial charge >= 0.3 is 0 Å². The highest BCUT2D eigenvalue weighted by molar-refractivity contribution is 5.81. The fourth-order valence-electron chi connectivity index (χ4n) is 1.39. The maximum Gasteiger partial charge on any atom is 0.132 e. The van der Waals surface area contributed by atoms with Crippen LogP contribution in [0.3, 0.4) is 0 Å². The summed E-state index contributed by atoms with van der Waals surface area (Å²) < 4.78 is 13.4. The first-order chi connectivity index (χ1) is 7.31. The zero-order chi connectivity index (χ0) is 10.7. The van der Waals surface area contributed by atoms with Crippen LogP contribution in [0.25, 0.3) is 11.3 Å². The third-order valence-corrected chi connectivity index (χ3v) is 2.08. The molecule has 0 aliphatic carbocycles. The molecule has 0 fully saturated rings. The van der Waals surface area contributed by atoms with Crippen molar-refractivity contribution in [2.24, 2.45) is 5.16 Å². The molecule has 0 unspecified atom stereocenters. The smallest absolute Gasteiger partial charge is 0.132 e. The van der Waals surface area contributed by atoms with Crippen LogP contribution in [0.5, 0.6) is 0 Å². The molecular weight excluding hydrogens is 195 g/mol. The van der Waals surface area contributed by atoms with Crippen molar-refractivity contribution in [3.8, 4) is 11.3 Å². The predicted octanol–water partition coefficient (Wildman–Crippen LogP) is 2.63. The van der Waals surface area contributed by atoms with Crippen molar-refractivity contribution in [3.05, 3.63) is 47.9 Å². The van der Waals surface area contributed by atoms with Crippen LogP contribution >= 0.6 is 0 Å². The van der Waals surface area contributed by atoms with Crippen molar-refractivity contribution in [3.63, 3.8) is 0 Å². The minimum absolute atomic E-state index is 0.285. The highest BCUT2D eigenvalue weighted by Crippen LogP contribution is 2.21. The van der Waals surface area contributed by atoms with Gasteiger partial charge in [-0.05, 0) is 18.2 Å². The quantitative estimate of drug-likeness (QED) is 0.441. The Morgan fingerprint density at radius 2 is 2.13 bits per heavy atom. The van der Waals surface area contributed by atoms with E-state index < -0.39 is 0 Å². The molecule has 1 aromatic carbocycles. The molecular formula is C11H9FN2O. The van der Waals surface area contributed by atoms with E-state index >= 15 is 0 Å². The molecule has 0 bridgehead atoms. The average Bonchev–Trinajstić information content (AvgIpc) is 2.68. The second-order valence-corrected chi connectivity index (χ2v) is 3.07. The molecule has 2 N–H and O–H groups in total. The lowest BCUT2D eigenvalue weighted by molar-refractivity contribution is 0.322. The highest BCUT2D eigenvalue weighted by atomic mass is 19.1. The number of H-pyrrole nitrogens is 1. The van der Waals surface area contributed by atoms with Crippen molar-refractivity contribution >= 4 is 6.21 Å². The number of oxime groups is 1. The molecule has 0 aliphatic heterocycles. The van der Waals surface area contributed by atoms with Gasteiger partial charge in [0.05, 0.1) is 6.21 Å². The fraction of sp³-hybridized carbons (Fsp3) is 0. The van der Waals surface area contributed by atoms with Crippen LogP contribution in [0.1, 0.15) is 5.56 Å². The summed E-state index contributed by atoms with van der Waals surface area (Å²) in [6.07, 6.45) is 2.92. The number of rotatable bonds is 2. The molecule has 3 nitrogen and oxygen atoms in total. The molecule has 0 amide bonds. The van der Waals surface area contributed by atoms with E-state index in [0.717, 1.165) is 0 Å². The Bertz CT molecular complexity index is 491. The van der Waals surface area contributed by atoms with Crippen molar-refractivity contribution in [1.29, 1.82) is 0 Å². The Labute approximate surface area is 85.9 Å². The minimum Gasteiger partial charge on any atom is -0.411 e. The molecule has 0 saturated carbocycles. The van der Waals surface area contributed by atoms with Gasteiger partial charge in [0.2, 0.25) is 0 Å². The number of halogens is 1. The van der Waals surface area contributed by atoms with Crippen LogP contribution in [-0.2, 0) is 0 Å². The molecule has 0 spiro atoms. The van der Waals surface area contributed by atoms with Crippen molar-refractivity contribution < 1.29 is 9.60 Å². The van der Waals surface area contributed by atoms with Gasteiger partial charge in [0.25, 0.3) is 0 Å². The molecule has 15 heavy (non-hydrogen) atoms. The molecule has 0 aliphatic rings. The maximum absolute atomic E-state index is 13.4. The first-order valence-electron chi connectivity index (χ1n) is 4.42. The summed E-state index contributed by atoms with van der Waals surface area (Å²) in [5.41, 5.74) is 1.84. The summed E-state index contributed by atoms with van der Waals surface area (Å²) in [5.74, 6) is -0.285. The molecule has 1 heterocycles. The third kappa shape index (κ3) is 1.88. The number of nitrogens with zero attached hydrogens (tertiary/aromatic N) is 1. The second-order valence-electron chi connectivity index (χ2n) is 3.07. The normalized spacial score (nSPS) is 11.0. The zero-order valence-corrected chi connectivity index (χ0v) is 7.81. The van der Waals surface area contributed by atoms with Gasteiger partial charge in [-0.25, -0.2) is 4.39 Å². The Kier molecular flexibility index (Phi) is 2.49. The molecule has 2 aromatic rings. The lowest BCUT2D eigenvalue weighted by atomic mass is 10.1. The predicted molar refractivity (Wildman–Crippen MR) is 55.6 cm³/mol. The lowest BCUT2D eigenvalue weighted by Gasteiger charge is -1.98. The maximum atomic E-state index is 13.4. The van der Waals surface area contributed by atoms with Gasteiger partial charge in [-0.2, -0.15) is 0 Å². The summed E-state index contributed by atoms with van der Waals surface area (Å²) in [7, 11) is 0. The fourth-order valence-corrected chi connectivity index (χ4v) is 1.39. The Hall–Kier alpha value is -2.10. The molecule has 1 aromatic heterocycles. The minimum atomic E-state index is -0.285. The van der Waals surface area contributed by atoms with Crippen molar-refractivity contribution in [1.82, 2.24) is 4.98 Å². The van der Waals surface area contributed by atoms with Crippen molar-refractivity contribution in [2.75, 3.05) is 0 Å². The van der Waals surface area contributed by atoms with Gasteiger partial charge in [0, 0.05) is 23.0 Å². The van der Waals surface area contributed by atoms with Gasteiger partial charge in [-0.1, -0.05) is 17.3 Å². The van der Waals surface area contributed by atoms with E-state index in [1.54, 1.807) is 30.5 Å². The van der Waals surface area contributed by atoms with E-state index in [9.17, 15) is 4.39 Å². The van der Waals surface area contributed by atoms with Gasteiger partial charge in [0.1, 0.15) is 5.82 Å². The van der Waals surface area contributed by atoms with E-state index in [1.807, 2.05) is 0 Å². The summed E-state index contributed by atoms with van der Waals surface area (Å²) in [6, 6.07) is 8.19. The van der Waals surface area contributed by atoms with Crippen molar-refractivity contribution in [2.45, 2.75) is 0 Å². The third-order valence-electron chi connectivity index (χ3n) is 2.08. The van der Waals surface area contributed by atoms with E-state index in [2.05, 4.69) is 10.1 Å². The summed E-state index contributed by atoms with van der Waals surface area (Å²) in [5, 5.41) is 11.2. The number of hydrogen-bond donors (Lipinski definition) is 2. The molecule has 0 atom stereocenters. The first-order valence-corrected chi connectivity index (χ1v) is 4.42. The number of benzene rings is 1. The number of nitrogens with one attached hydrogen (secondary N) is 1. The molecule has 0 saturated heterocycles. The lowest BCUT2D eigenvalue weighted by Crippen LogP contribution is -1.82. The Morgan fingerprint density at radius 3 is 2.87 bits per heavy atom. The van der Waals surface area contributed by atoms with E-state index in [1.165, 1.54) is 12.3 Å². The number of hydrogen-bond acceptors (Lipinski definition) is 2. The molecule has 76 valence electrons. The van der Waals surface area contributed by atoms with E-state index in [-0.39, 0.29) is 5.82 Å². The average molecular weight is 204 g/mol. The van der Waals surface area contributed by atoms with E-state index in [4.69, 9.17) is 5.21 Å². The van der Waals surface area contributed by atoms with Gasteiger partial charge in [-0.15, -0.1) is 0 Å². The number of aromatic nitrogens is 1. The monoisotopic (exact) mass is 204 g/mol. The number of aromatic amines is 1. The molecule has 2 rings (SSSR count). The standard InChI is InChI=1S/C11H9FN2O/c12-10-4-2-1-3-9(10)11-5-8(6-13-11)7-14-15/h1-7,13,15H/b14-7+. The van der Waals surface area contributed by atoms with Crippen LogP contribution in [0.2, 0.25) is 0 Å². The highest BCUT2D eigenvalue weighted by Gasteiger charge is 2.05. The van der Waals surface area contributed by atoms with Crippen LogP contribution < -0.4 is 0 Å². The first kappa shape index (κ1) is 9.45. The largest absolute Gasteiger partial charge is 0.411 e. The Balaban J connectivity index is 2.42. The van der Waals surface area contributed by atoms with E-state index in [0.29, 0.717) is 16.8 Å². The van der Waals surface area contributed by atoms with Crippen LogP contribution in [0, 0.1) is 5.82 Å². The zero-order valence-electron chi connectivity index (χ0n) is 7.81.